The Balaban J connectivity index is 1.53. The molecule has 4 rings (SSSR count). The van der Waals surface area contributed by atoms with Crippen LogP contribution in [0.2, 0.25) is 15.1 Å². The Hall–Kier alpha value is -2.29. The second-order valence-corrected chi connectivity index (χ2v) is 9.69. The molecule has 2 aromatic carbocycles. The van der Waals surface area contributed by atoms with Gasteiger partial charge in [0.15, 0.2) is 4.32 Å². The molecular formula is C22H13Cl3N2O3S2. The van der Waals surface area contributed by atoms with Crippen LogP contribution in [-0.2, 0) is 4.79 Å². The zero-order valence-corrected chi connectivity index (χ0v) is 20.2. The Morgan fingerprint density at radius 2 is 1.88 bits per heavy atom. The van der Waals surface area contributed by atoms with E-state index in [0.29, 0.717) is 32.0 Å². The van der Waals surface area contributed by atoms with Crippen LogP contribution in [0.5, 0.6) is 0 Å². The second-order valence-electron chi connectivity index (χ2n) is 6.77. The molecule has 5 nitrogen and oxygen atoms in total. The molecule has 1 fully saturated rings. The monoisotopic (exact) mass is 522 g/mol. The Labute approximate surface area is 208 Å². The number of nitrogens with zero attached hydrogens (tertiary/aromatic N) is 1. The van der Waals surface area contributed by atoms with Gasteiger partial charge in [-0.3, -0.25) is 15.0 Å². The van der Waals surface area contributed by atoms with E-state index >= 15 is 0 Å². The van der Waals surface area contributed by atoms with Gasteiger partial charge in [-0.2, -0.15) is 5.01 Å². The van der Waals surface area contributed by atoms with Gasteiger partial charge in [0, 0.05) is 16.7 Å². The van der Waals surface area contributed by atoms with Crippen LogP contribution in [0.25, 0.3) is 17.4 Å². The molecule has 1 aromatic heterocycles. The normalized spacial score (nSPS) is 15.0. The Kier molecular flexibility index (Phi) is 6.65. The van der Waals surface area contributed by atoms with Crippen molar-refractivity contribution in [1.82, 2.24) is 10.4 Å². The zero-order valence-electron chi connectivity index (χ0n) is 16.3. The molecule has 162 valence electrons. The van der Waals surface area contributed by atoms with Crippen LogP contribution >= 0.6 is 58.8 Å². The lowest BCUT2D eigenvalue weighted by atomic mass is 10.1. The van der Waals surface area contributed by atoms with Gasteiger partial charge in [0.25, 0.3) is 11.8 Å². The van der Waals surface area contributed by atoms with Gasteiger partial charge in [0.2, 0.25) is 0 Å². The second kappa shape index (κ2) is 9.29. The van der Waals surface area contributed by atoms with Crippen molar-refractivity contribution in [2.24, 2.45) is 0 Å². The topological polar surface area (TPSA) is 62.6 Å². The number of carbonyl (C=O) groups excluding carboxylic acids is 2. The van der Waals surface area contributed by atoms with Crippen molar-refractivity contribution < 1.29 is 14.0 Å². The number of rotatable bonds is 4. The van der Waals surface area contributed by atoms with E-state index in [1.54, 1.807) is 54.6 Å². The quantitative estimate of drug-likeness (QED) is 0.302. The number of benzene rings is 2. The van der Waals surface area contributed by atoms with Gasteiger partial charge in [-0.1, -0.05) is 52.6 Å². The van der Waals surface area contributed by atoms with E-state index in [1.165, 1.54) is 0 Å². The number of furan rings is 1. The van der Waals surface area contributed by atoms with Crippen molar-refractivity contribution in [3.63, 3.8) is 0 Å². The highest BCUT2D eigenvalue weighted by Gasteiger charge is 2.34. The molecule has 1 N–H and O–H groups in total. The highest BCUT2D eigenvalue weighted by Crippen LogP contribution is 2.35. The smallest absolute Gasteiger partial charge is 0.285 e. The van der Waals surface area contributed by atoms with E-state index in [2.05, 4.69) is 5.43 Å². The SMILES string of the molecule is Cc1ccc(C(=O)NN2C(=O)/C(=C\c3ccc(-c4cc(Cl)ccc4Cl)o3)SC2=S)c(Cl)c1. The van der Waals surface area contributed by atoms with E-state index in [4.69, 9.17) is 51.4 Å². The first-order chi connectivity index (χ1) is 15.2. The van der Waals surface area contributed by atoms with Crippen molar-refractivity contribution in [1.29, 1.82) is 0 Å². The predicted octanol–water partition coefficient (Wildman–Crippen LogP) is 6.76. The van der Waals surface area contributed by atoms with Gasteiger partial charge in [-0.05, 0) is 67.2 Å². The molecule has 0 atom stereocenters. The molecule has 3 aromatic rings. The Morgan fingerprint density at radius 1 is 1.09 bits per heavy atom. The van der Waals surface area contributed by atoms with Crippen LogP contribution in [0.3, 0.4) is 0 Å². The Bertz CT molecular complexity index is 1300. The molecule has 1 aliphatic heterocycles. The van der Waals surface area contributed by atoms with Crippen LogP contribution < -0.4 is 5.43 Å². The number of aryl methyl sites for hydroxylation is 1. The fraction of sp³-hybridized carbons (Fsp3) is 0.0455. The molecule has 2 amide bonds. The number of carbonyl (C=O) groups is 2. The van der Waals surface area contributed by atoms with E-state index in [0.717, 1.165) is 22.3 Å². The number of hydrogen-bond acceptors (Lipinski definition) is 5. The van der Waals surface area contributed by atoms with Crippen LogP contribution in [0, 0.1) is 6.92 Å². The molecule has 0 unspecified atom stereocenters. The van der Waals surface area contributed by atoms with Gasteiger partial charge in [0.05, 0.1) is 20.5 Å². The zero-order chi connectivity index (χ0) is 23.0. The standard InChI is InChI=1S/C22H13Cl3N2O3S2/c1-11-2-5-14(17(25)8-11)20(28)26-27-21(29)19(32-22(27)31)10-13-4-7-18(30-13)15-9-12(23)3-6-16(15)24/h2-10H,1H3,(H,26,28)/b19-10+. The van der Waals surface area contributed by atoms with Gasteiger partial charge in [-0.15, -0.1) is 0 Å². The predicted molar refractivity (Wildman–Crippen MR) is 133 cm³/mol. The molecule has 1 saturated heterocycles. The lowest BCUT2D eigenvalue weighted by molar-refractivity contribution is -0.123. The first kappa shape index (κ1) is 22.9. The summed E-state index contributed by atoms with van der Waals surface area (Å²) in [6.07, 6.45) is 1.55. The van der Waals surface area contributed by atoms with Gasteiger partial charge in [-0.25, -0.2) is 0 Å². The molecule has 1 aliphatic rings. The lowest BCUT2D eigenvalue weighted by Gasteiger charge is -2.16. The maximum atomic E-state index is 12.8. The third kappa shape index (κ3) is 4.72. The Morgan fingerprint density at radius 3 is 2.62 bits per heavy atom. The fourth-order valence-corrected chi connectivity index (χ4v) is 4.78. The molecule has 0 saturated carbocycles. The van der Waals surface area contributed by atoms with E-state index in [1.807, 2.05) is 6.92 Å². The van der Waals surface area contributed by atoms with Gasteiger partial charge in [0.1, 0.15) is 11.5 Å². The summed E-state index contributed by atoms with van der Waals surface area (Å²) in [6, 6.07) is 13.5. The molecule has 32 heavy (non-hydrogen) atoms. The summed E-state index contributed by atoms with van der Waals surface area (Å²) in [7, 11) is 0. The van der Waals surface area contributed by atoms with E-state index < -0.39 is 11.8 Å². The third-order valence-corrected chi connectivity index (χ3v) is 6.65. The van der Waals surface area contributed by atoms with Crippen LogP contribution in [0.1, 0.15) is 21.7 Å². The lowest BCUT2D eigenvalue weighted by Crippen LogP contribution is -2.44. The number of thiocarbonyl (C=S) groups is 1. The summed E-state index contributed by atoms with van der Waals surface area (Å²) >= 11 is 24.7. The summed E-state index contributed by atoms with van der Waals surface area (Å²) in [5, 5.41) is 2.31. The average molecular weight is 524 g/mol. The molecule has 10 heteroatoms. The molecule has 0 spiro atoms. The number of amides is 2. The maximum absolute atomic E-state index is 12.8. The fourth-order valence-electron chi connectivity index (χ4n) is 2.92. The highest BCUT2D eigenvalue weighted by molar-refractivity contribution is 8.26. The molecule has 2 heterocycles. The summed E-state index contributed by atoms with van der Waals surface area (Å²) in [5.41, 5.74) is 4.30. The van der Waals surface area contributed by atoms with Crippen molar-refractivity contribution in [3.8, 4) is 11.3 Å². The summed E-state index contributed by atoms with van der Waals surface area (Å²) in [5.74, 6) is -0.0928. The first-order valence-electron chi connectivity index (χ1n) is 9.13. The molecule has 0 aliphatic carbocycles. The van der Waals surface area contributed by atoms with Crippen LogP contribution in [0.4, 0.5) is 0 Å². The third-order valence-electron chi connectivity index (χ3n) is 4.47. The highest BCUT2D eigenvalue weighted by atomic mass is 35.5. The van der Waals surface area contributed by atoms with Crippen molar-refractivity contribution in [2.75, 3.05) is 0 Å². The molecular weight excluding hydrogens is 511 g/mol. The van der Waals surface area contributed by atoms with E-state index in [9.17, 15) is 9.59 Å². The van der Waals surface area contributed by atoms with Crippen LogP contribution in [-0.4, -0.2) is 21.1 Å². The number of halogens is 3. The average Bonchev–Trinajstić information content (AvgIpc) is 3.30. The van der Waals surface area contributed by atoms with Gasteiger partial charge >= 0.3 is 0 Å². The minimum atomic E-state index is -0.538. The number of thioether (sulfide) groups is 1. The number of nitrogens with one attached hydrogen (secondary N) is 1. The first-order valence-corrected chi connectivity index (χ1v) is 11.5. The van der Waals surface area contributed by atoms with Crippen molar-refractivity contribution in [3.05, 3.63) is 85.4 Å². The largest absolute Gasteiger partial charge is 0.457 e. The minimum Gasteiger partial charge on any atom is -0.457 e. The summed E-state index contributed by atoms with van der Waals surface area (Å²) in [6.45, 7) is 1.86. The van der Waals surface area contributed by atoms with Crippen LogP contribution in [0.15, 0.2) is 57.9 Å². The number of hydrazine groups is 1. The van der Waals surface area contributed by atoms with Crippen molar-refractivity contribution in [2.45, 2.75) is 6.92 Å². The van der Waals surface area contributed by atoms with E-state index in [-0.39, 0.29) is 14.9 Å². The summed E-state index contributed by atoms with van der Waals surface area (Å²) in [4.78, 5) is 25.7. The molecule has 0 radical (unpaired) electrons. The minimum absolute atomic E-state index is 0.183. The molecule has 0 bridgehead atoms. The summed E-state index contributed by atoms with van der Waals surface area (Å²) < 4.78 is 5.99. The maximum Gasteiger partial charge on any atom is 0.285 e. The number of hydrogen-bond donors (Lipinski definition) is 1. The van der Waals surface area contributed by atoms with Gasteiger partial charge < -0.3 is 4.42 Å². The van der Waals surface area contributed by atoms with Crippen molar-refractivity contribution >= 4 is 81.0 Å².